The first kappa shape index (κ1) is 12.9. The minimum absolute atomic E-state index is 0.281. The molecule has 3 rings (SSSR count). The molecule has 20 heavy (non-hydrogen) atoms. The fourth-order valence-corrected chi connectivity index (χ4v) is 2.95. The fourth-order valence-electron chi connectivity index (χ4n) is 2.37. The third-order valence-corrected chi connectivity index (χ3v) is 4.43. The molecule has 0 radical (unpaired) electrons. The van der Waals surface area contributed by atoms with Crippen molar-refractivity contribution in [3.63, 3.8) is 0 Å². The molecular weight excluding hydrogens is 284 g/mol. The van der Waals surface area contributed by atoms with Gasteiger partial charge in [0.1, 0.15) is 12.1 Å². The van der Waals surface area contributed by atoms with E-state index in [0.717, 1.165) is 21.5 Å². The van der Waals surface area contributed by atoms with Gasteiger partial charge < -0.3 is 0 Å². The SMILES string of the molecule is N#Cc1c(S)c(S)c2cc3ccccc3cc2c1C#N. The van der Waals surface area contributed by atoms with Crippen LogP contribution in [0.1, 0.15) is 11.1 Å². The van der Waals surface area contributed by atoms with Gasteiger partial charge in [-0.2, -0.15) is 10.5 Å². The Hall–Kier alpha value is -2.14. The second-order valence-electron chi connectivity index (χ2n) is 4.42. The number of thiol groups is 2. The van der Waals surface area contributed by atoms with Gasteiger partial charge in [0.25, 0.3) is 0 Å². The number of fused-ring (bicyclic) bond motifs is 2. The summed E-state index contributed by atoms with van der Waals surface area (Å²) in [5, 5.41) is 22.3. The van der Waals surface area contributed by atoms with E-state index >= 15 is 0 Å². The van der Waals surface area contributed by atoms with Crippen molar-refractivity contribution in [1.82, 2.24) is 0 Å². The molecule has 0 unspecified atom stereocenters. The van der Waals surface area contributed by atoms with E-state index in [9.17, 15) is 10.5 Å². The maximum absolute atomic E-state index is 9.37. The Kier molecular flexibility index (Phi) is 3.06. The van der Waals surface area contributed by atoms with E-state index in [1.165, 1.54) is 0 Å². The van der Waals surface area contributed by atoms with E-state index in [1.807, 2.05) is 42.5 Å². The van der Waals surface area contributed by atoms with Gasteiger partial charge in [-0.3, -0.25) is 0 Å². The van der Waals surface area contributed by atoms with Gasteiger partial charge in [0.15, 0.2) is 0 Å². The first-order valence-corrected chi connectivity index (χ1v) is 6.77. The molecule has 0 fully saturated rings. The average Bonchev–Trinajstić information content (AvgIpc) is 2.49. The lowest BCUT2D eigenvalue weighted by molar-refractivity contribution is 1.26. The van der Waals surface area contributed by atoms with Gasteiger partial charge in [0.2, 0.25) is 0 Å². The van der Waals surface area contributed by atoms with Crippen LogP contribution in [0.5, 0.6) is 0 Å². The molecule has 0 spiro atoms. The van der Waals surface area contributed by atoms with E-state index < -0.39 is 0 Å². The van der Waals surface area contributed by atoms with Crippen molar-refractivity contribution in [3.8, 4) is 12.1 Å². The van der Waals surface area contributed by atoms with Crippen molar-refractivity contribution in [1.29, 1.82) is 10.5 Å². The van der Waals surface area contributed by atoms with Gasteiger partial charge in [-0.25, -0.2) is 0 Å². The molecule has 3 aromatic carbocycles. The monoisotopic (exact) mass is 292 g/mol. The van der Waals surface area contributed by atoms with E-state index in [-0.39, 0.29) is 5.56 Å². The van der Waals surface area contributed by atoms with E-state index in [4.69, 9.17) is 0 Å². The molecule has 0 amide bonds. The zero-order valence-electron chi connectivity index (χ0n) is 10.3. The van der Waals surface area contributed by atoms with Gasteiger partial charge in [0, 0.05) is 15.2 Å². The number of hydrogen-bond acceptors (Lipinski definition) is 4. The summed E-state index contributed by atoms with van der Waals surface area (Å²) in [5.74, 6) is 0. The Balaban J connectivity index is 2.62. The Bertz CT molecular complexity index is 947. The number of nitriles is 2. The van der Waals surface area contributed by atoms with Crippen LogP contribution in [0, 0.1) is 22.7 Å². The molecule has 0 N–H and O–H groups in total. The number of nitrogens with zero attached hydrogens (tertiary/aromatic N) is 2. The first-order chi connectivity index (χ1) is 9.67. The molecule has 0 heterocycles. The molecule has 94 valence electrons. The summed E-state index contributed by atoms with van der Waals surface area (Å²) in [6.07, 6.45) is 0. The molecule has 3 aromatic rings. The Morgan fingerprint density at radius 3 is 1.85 bits per heavy atom. The summed E-state index contributed by atoms with van der Waals surface area (Å²) in [7, 11) is 0. The zero-order chi connectivity index (χ0) is 14.3. The van der Waals surface area contributed by atoms with Gasteiger partial charge >= 0.3 is 0 Å². The Labute approximate surface area is 127 Å². The number of benzene rings is 3. The van der Waals surface area contributed by atoms with Crippen LogP contribution in [-0.4, -0.2) is 0 Å². The molecule has 0 aliphatic rings. The summed E-state index contributed by atoms with van der Waals surface area (Å²) >= 11 is 8.80. The standard InChI is InChI=1S/C16H8N2S2/c17-7-13-11-5-9-3-1-2-4-10(9)6-12(11)15(19)16(20)14(13)8-18/h1-6,19-20H. The summed E-state index contributed by atoms with van der Waals surface area (Å²) in [6.45, 7) is 0. The smallest absolute Gasteiger partial charge is 0.102 e. The minimum atomic E-state index is 0.281. The number of rotatable bonds is 0. The van der Waals surface area contributed by atoms with Crippen molar-refractivity contribution in [2.45, 2.75) is 9.79 Å². The highest BCUT2D eigenvalue weighted by molar-refractivity contribution is 7.83. The highest BCUT2D eigenvalue weighted by Crippen LogP contribution is 2.36. The third-order valence-electron chi connectivity index (χ3n) is 3.35. The third kappa shape index (κ3) is 1.74. The second-order valence-corrected chi connectivity index (χ2v) is 5.31. The maximum atomic E-state index is 9.37. The molecule has 2 nitrogen and oxygen atoms in total. The summed E-state index contributed by atoms with van der Waals surface area (Å²) < 4.78 is 0. The van der Waals surface area contributed by atoms with E-state index in [0.29, 0.717) is 15.4 Å². The van der Waals surface area contributed by atoms with Crippen molar-refractivity contribution in [3.05, 3.63) is 47.5 Å². The molecule has 4 heteroatoms. The van der Waals surface area contributed by atoms with Gasteiger partial charge in [-0.05, 0) is 28.3 Å². The molecular formula is C16H8N2S2. The molecule has 0 aromatic heterocycles. The van der Waals surface area contributed by atoms with Crippen LogP contribution in [-0.2, 0) is 0 Å². The van der Waals surface area contributed by atoms with Gasteiger partial charge in [-0.1, -0.05) is 24.3 Å². The van der Waals surface area contributed by atoms with Crippen LogP contribution < -0.4 is 0 Å². The van der Waals surface area contributed by atoms with Crippen LogP contribution >= 0.6 is 25.3 Å². The van der Waals surface area contributed by atoms with Gasteiger partial charge in [0.05, 0.1) is 11.1 Å². The molecule has 0 saturated carbocycles. The fraction of sp³-hybridized carbons (Fsp3) is 0. The highest BCUT2D eigenvalue weighted by atomic mass is 32.1. The van der Waals surface area contributed by atoms with Crippen LogP contribution in [0.4, 0.5) is 0 Å². The topological polar surface area (TPSA) is 47.6 Å². The van der Waals surface area contributed by atoms with Gasteiger partial charge in [-0.15, -0.1) is 25.3 Å². The number of hydrogen-bond donors (Lipinski definition) is 2. The quantitative estimate of drug-likeness (QED) is 0.479. The molecule has 0 aliphatic heterocycles. The Morgan fingerprint density at radius 2 is 1.30 bits per heavy atom. The molecule has 0 atom stereocenters. The molecule has 0 bridgehead atoms. The van der Waals surface area contributed by atoms with E-state index in [1.54, 1.807) is 0 Å². The molecule has 0 saturated heterocycles. The largest absolute Gasteiger partial charge is 0.192 e. The van der Waals surface area contributed by atoms with Crippen LogP contribution in [0.3, 0.4) is 0 Å². The van der Waals surface area contributed by atoms with Crippen molar-refractivity contribution >= 4 is 46.8 Å². The predicted octanol–water partition coefficient (Wildman–Crippen LogP) is 4.31. The second kappa shape index (κ2) is 4.76. The Morgan fingerprint density at radius 1 is 0.750 bits per heavy atom. The summed E-state index contributed by atoms with van der Waals surface area (Å²) in [4.78, 5) is 1.08. The first-order valence-electron chi connectivity index (χ1n) is 5.88. The normalized spacial score (nSPS) is 10.4. The van der Waals surface area contributed by atoms with Crippen molar-refractivity contribution in [2.75, 3.05) is 0 Å². The van der Waals surface area contributed by atoms with Crippen molar-refractivity contribution in [2.24, 2.45) is 0 Å². The highest BCUT2D eigenvalue weighted by Gasteiger charge is 2.16. The zero-order valence-corrected chi connectivity index (χ0v) is 12.0. The maximum Gasteiger partial charge on any atom is 0.102 e. The van der Waals surface area contributed by atoms with Crippen LogP contribution in [0.25, 0.3) is 21.5 Å². The lowest BCUT2D eigenvalue weighted by Gasteiger charge is -2.11. The minimum Gasteiger partial charge on any atom is -0.192 e. The molecule has 0 aliphatic carbocycles. The van der Waals surface area contributed by atoms with Crippen molar-refractivity contribution < 1.29 is 0 Å². The average molecular weight is 292 g/mol. The lowest BCUT2D eigenvalue weighted by atomic mass is 9.96. The summed E-state index contributed by atoms with van der Waals surface area (Å²) in [6, 6.07) is 16.0. The lowest BCUT2D eigenvalue weighted by Crippen LogP contribution is -1.92. The van der Waals surface area contributed by atoms with Crippen LogP contribution in [0.2, 0.25) is 0 Å². The van der Waals surface area contributed by atoms with Crippen LogP contribution in [0.15, 0.2) is 46.2 Å². The van der Waals surface area contributed by atoms with E-state index in [2.05, 4.69) is 31.3 Å². The predicted molar refractivity (Wildman–Crippen MR) is 85.4 cm³/mol. The summed E-state index contributed by atoms with van der Waals surface area (Å²) in [5.41, 5.74) is 0.639.